The Kier molecular flexibility index (Phi) is 12.7. The largest absolute Gasteiger partial charge is 0.490 e. The fourth-order valence-electron chi connectivity index (χ4n) is 5.72. The molecule has 3 aromatic rings. The number of hydrogen-bond donors (Lipinski definition) is 2. The predicted octanol–water partition coefficient (Wildman–Crippen LogP) is 3.51. The Balaban J connectivity index is 0.000000671. The number of carbonyl (C=O) groups is 2. The average molecular weight is 673 g/mol. The number of fused-ring (bicyclic) bond motifs is 1. The van der Waals surface area contributed by atoms with Crippen LogP contribution in [0.1, 0.15) is 60.3 Å². The van der Waals surface area contributed by atoms with Gasteiger partial charge in [0.15, 0.2) is 17.0 Å². The van der Waals surface area contributed by atoms with Gasteiger partial charge in [-0.15, -0.1) is 0 Å². The molecule has 2 fully saturated rings. The van der Waals surface area contributed by atoms with Crippen LogP contribution in [0.4, 0.5) is 19.0 Å². The quantitative estimate of drug-likeness (QED) is 0.305. The maximum atomic E-state index is 13.6. The summed E-state index contributed by atoms with van der Waals surface area (Å²) < 4.78 is 33.7. The average Bonchev–Trinajstić information content (AvgIpc) is 3.47. The molecule has 1 aromatic carbocycles. The number of hydrazine groups is 1. The van der Waals surface area contributed by atoms with Gasteiger partial charge >= 0.3 is 12.1 Å². The molecule has 13 nitrogen and oxygen atoms in total. The first-order chi connectivity index (χ1) is 22.8. The van der Waals surface area contributed by atoms with E-state index in [4.69, 9.17) is 9.90 Å². The molecule has 2 N–H and O–H groups in total. The monoisotopic (exact) mass is 672 g/mol. The molecule has 0 spiro atoms. The number of aryl methyl sites for hydroxylation is 1. The molecule has 0 unspecified atom stereocenters. The summed E-state index contributed by atoms with van der Waals surface area (Å²) in [5.41, 5.74) is 6.17. The first-order valence-electron chi connectivity index (χ1n) is 16.0. The van der Waals surface area contributed by atoms with Crippen molar-refractivity contribution in [2.45, 2.75) is 63.8 Å². The summed E-state index contributed by atoms with van der Waals surface area (Å²) in [5.74, 6) is -2.39. The Morgan fingerprint density at radius 1 is 1.06 bits per heavy atom. The van der Waals surface area contributed by atoms with E-state index >= 15 is 0 Å². The zero-order valence-corrected chi connectivity index (χ0v) is 27.6. The van der Waals surface area contributed by atoms with Gasteiger partial charge in [0.05, 0.1) is 12.4 Å². The predicted molar refractivity (Wildman–Crippen MR) is 173 cm³/mol. The number of carboxylic acid groups (broad SMARTS) is 1. The van der Waals surface area contributed by atoms with Gasteiger partial charge < -0.3 is 19.5 Å². The Morgan fingerprint density at radius 2 is 1.71 bits per heavy atom. The highest BCUT2D eigenvalue weighted by atomic mass is 19.4. The molecule has 2 aliphatic rings. The van der Waals surface area contributed by atoms with Crippen molar-refractivity contribution in [3.05, 3.63) is 47.5 Å². The van der Waals surface area contributed by atoms with E-state index < -0.39 is 12.1 Å². The third-order valence-corrected chi connectivity index (χ3v) is 8.40. The molecule has 0 bridgehead atoms. The number of benzene rings is 1. The molecule has 3 heterocycles. The molecule has 1 aliphatic heterocycles. The molecule has 0 atom stereocenters. The summed E-state index contributed by atoms with van der Waals surface area (Å²) in [6.45, 7) is 6.81. The third-order valence-electron chi connectivity index (χ3n) is 8.40. The van der Waals surface area contributed by atoms with Gasteiger partial charge in [-0.25, -0.2) is 9.78 Å². The maximum Gasteiger partial charge on any atom is 0.490 e. The van der Waals surface area contributed by atoms with Crippen LogP contribution in [0.3, 0.4) is 0 Å². The molecule has 16 heteroatoms. The minimum atomic E-state index is -5.08. The number of carboxylic acids is 1. The van der Waals surface area contributed by atoms with E-state index in [1.165, 1.54) is 12.0 Å². The van der Waals surface area contributed by atoms with E-state index in [1.807, 2.05) is 47.9 Å². The minimum absolute atomic E-state index is 0.0627. The molecule has 48 heavy (non-hydrogen) atoms. The van der Waals surface area contributed by atoms with Gasteiger partial charge in [-0.2, -0.15) is 28.4 Å². The van der Waals surface area contributed by atoms with Crippen molar-refractivity contribution in [1.82, 2.24) is 39.6 Å². The number of carbonyl (C=O) groups excluding carboxylic acids is 1. The van der Waals surface area contributed by atoms with Crippen molar-refractivity contribution >= 4 is 28.9 Å². The number of aliphatic carboxylic acids is 1. The molecule has 260 valence electrons. The number of rotatable bonds is 10. The summed E-state index contributed by atoms with van der Waals surface area (Å²) in [5, 5.41) is 18.8. The van der Waals surface area contributed by atoms with Crippen LogP contribution in [0.25, 0.3) is 11.2 Å². The number of nitrogens with zero attached hydrogens (tertiary/aromatic N) is 9. The lowest BCUT2D eigenvalue weighted by Crippen LogP contribution is -2.50. The number of likely N-dealkylation sites (N-methyl/N-ethyl adjacent to an activating group) is 1. The summed E-state index contributed by atoms with van der Waals surface area (Å²) in [4.78, 5) is 43.2. The summed E-state index contributed by atoms with van der Waals surface area (Å²) in [6.07, 6.45) is 2.80. The Morgan fingerprint density at radius 3 is 2.29 bits per heavy atom. The third kappa shape index (κ3) is 10.1. The maximum absolute atomic E-state index is 13.6. The first-order valence-corrected chi connectivity index (χ1v) is 16.0. The highest BCUT2D eigenvalue weighted by molar-refractivity contribution is 5.96. The van der Waals surface area contributed by atoms with E-state index in [-0.39, 0.29) is 17.8 Å². The highest BCUT2D eigenvalue weighted by Gasteiger charge is 2.38. The second-order valence-corrected chi connectivity index (χ2v) is 12.4. The van der Waals surface area contributed by atoms with Crippen molar-refractivity contribution in [2.75, 3.05) is 58.9 Å². The van der Waals surface area contributed by atoms with Gasteiger partial charge in [-0.1, -0.05) is 31.4 Å². The molecular weight excluding hydrogens is 629 g/mol. The topological polar surface area (TPSA) is 147 Å². The van der Waals surface area contributed by atoms with Gasteiger partial charge in [0.2, 0.25) is 5.82 Å². The van der Waals surface area contributed by atoms with Crippen LogP contribution in [0.5, 0.6) is 0 Å². The van der Waals surface area contributed by atoms with Gasteiger partial charge in [0, 0.05) is 44.8 Å². The van der Waals surface area contributed by atoms with E-state index in [0.717, 1.165) is 77.9 Å². The van der Waals surface area contributed by atoms with Crippen molar-refractivity contribution < 1.29 is 27.9 Å². The van der Waals surface area contributed by atoms with E-state index in [2.05, 4.69) is 48.2 Å². The van der Waals surface area contributed by atoms with E-state index in [0.29, 0.717) is 22.5 Å². The molecule has 2 aromatic heterocycles. The standard InChI is InChI=1S/C30H42N10O.C2HF3O2/c1-36(2)14-7-15-39-22-32-27-28(39)33-26(20-31)34-29(27)40(25-8-5-4-6-9-25)35-30(41)24-12-10-23(11-13-24)21-38-18-16-37(3)17-19-38;3-2(4,5)1(6)7/h10-13,22,25H,4-9,14-19,21H2,1-3H3,(H,35,41);(H,6,7). The van der Waals surface area contributed by atoms with Gasteiger partial charge in [-0.05, 0) is 64.6 Å². The summed E-state index contributed by atoms with van der Waals surface area (Å²) in [7, 11) is 6.25. The molecule has 5 rings (SSSR count). The van der Waals surface area contributed by atoms with Crippen LogP contribution < -0.4 is 10.4 Å². The number of alkyl halides is 3. The Bertz CT molecular complexity index is 1560. The Hall–Kier alpha value is -4.33. The van der Waals surface area contributed by atoms with Gasteiger partial charge in [-0.3, -0.25) is 20.1 Å². The molecule has 1 saturated carbocycles. The van der Waals surface area contributed by atoms with Crippen LogP contribution in [0.2, 0.25) is 0 Å². The van der Waals surface area contributed by atoms with Gasteiger partial charge in [0.1, 0.15) is 6.07 Å². The Labute approximate surface area is 277 Å². The van der Waals surface area contributed by atoms with Crippen molar-refractivity contribution in [3.8, 4) is 6.07 Å². The number of piperazine rings is 1. The second-order valence-electron chi connectivity index (χ2n) is 12.4. The SMILES string of the molecule is CN(C)CCCn1cnc2c(N(NC(=O)c3ccc(CN4CCN(C)CC4)cc3)C3CCCCC3)nc(C#N)nc21.O=C(O)C(F)(F)F. The number of hydrogen-bond acceptors (Lipinski definition) is 10. The van der Waals surface area contributed by atoms with E-state index in [9.17, 15) is 23.2 Å². The number of nitriles is 1. The number of nitrogens with one attached hydrogen (secondary N) is 1. The summed E-state index contributed by atoms with van der Waals surface area (Å²) >= 11 is 0. The van der Waals surface area contributed by atoms with Crippen LogP contribution in [0.15, 0.2) is 30.6 Å². The zero-order valence-electron chi connectivity index (χ0n) is 27.6. The number of anilines is 1. The lowest BCUT2D eigenvalue weighted by atomic mass is 9.95. The van der Waals surface area contributed by atoms with Crippen molar-refractivity contribution in [2.24, 2.45) is 0 Å². The number of halogens is 3. The molecule has 1 aliphatic carbocycles. The fraction of sp³-hybridized carbons (Fsp3) is 0.562. The first kappa shape index (κ1) is 36.5. The lowest BCUT2D eigenvalue weighted by Gasteiger charge is -2.35. The van der Waals surface area contributed by atoms with Crippen LogP contribution in [-0.2, 0) is 17.9 Å². The minimum Gasteiger partial charge on any atom is -0.475 e. The summed E-state index contributed by atoms with van der Waals surface area (Å²) in [6, 6.07) is 10.1. The molecular formula is C32H43F3N10O3. The molecule has 1 amide bonds. The normalized spacial score (nSPS) is 16.3. The van der Waals surface area contributed by atoms with E-state index in [1.54, 1.807) is 6.33 Å². The van der Waals surface area contributed by atoms with Crippen molar-refractivity contribution in [1.29, 1.82) is 5.26 Å². The zero-order chi connectivity index (χ0) is 34.8. The second kappa shape index (κ2) is 16.7. The lowest BCUT2D eigenvalue weighted by molar-refractivity contribution is -0.192. The smallest absolute Gasteiger partial charge is 0.475 e. The van der Waals surface area contributed by atoms with Crippen molar-refractivity contribution in [3.63, 3.8) is 0 Å². The van der Waals surface area contributed by atoms with Crippen LogP contribution in [-0.4, -0.2) is 117 Å². The van der Waals surface area contributed by atoms with Crippen LogP contribution in [0, 0.1) is 11.3 Å². The number of amides is 1. The number of imidazole rings is 1. The highest BCUT2D eigenvalue weighted by Crippen LogP contribution is 2.29. The molecule has 1 saturated heterocycles. The van der Waals surface area contributed by atoms with Gasteiger partial charge in [0.25, 0.3) is 5.91 Å². The number of aromatic nitrogens is 4. The molecule has 0 radical (unpaired) electrons. The van der Waals surface area contributed by atoms with Crippen LogP contribution >= 0.6 is 0 Å². The fourth-order valence-corrected chi connectivity index (χ4v) is 5.72.